The lowest BCUT2D eigenvalue weighted by molar-refractivity contribution is -0.142. The Morgan fingerprint density at radius 3 is 2.16 bits per heavy atom. The van der Waals surface area contributed by atoms with Crippen molar-refractivity contribution in [2.24, 2.45) is 0 Å². The smallest absolute Gasteiger partial charge is 0.340 e. The number of alkyl halides is 1. The third-order valence-electron chi connectivity index (χ3n) is 8.33. The van der Waals surface area contributed by atoms with Crippen LogP contribution in [0.1, 0.15) is 65.1 Å². The second-order valence-electron chi connectivity index (χ2n) is 11.4. The van der Waals surface area contributed by atoms with Crippen molar-refractivity contribution in [2.75, 3.05) is 11.4 Å². The van der Waals surface area contributed by atoms with Crippen LogP contribution in [0.5, 0.6) is 0 Å². The predicted molar refractivity (Wildman–Crippen MR) is 174 cm³/mol. The molecule has 0 aliphatic heterocycles. The summed E-state index contributed by atoms with van der Waals surface area (Å²) in [4.78, 5) is 38.6. The molecule has 4 aromatic rings. The lowest BCUT2D eigenvalue weighted by Crippen LogP contribution is -2.39. The Morgan fingerprint density at radius 1 is 0.800 bits per heavy atom. The zero-order valence-corrected chi connectivity index (χ0v) is 25.1. The highest BCUT2D eigenvalue weighted by Gasteiger charge is 2.21. The molecule has 1 fully saturated rings. The minimum atomic E-state index is -2.18. The van der Waals surface area contributed by atoms with Gasteiger partial charge in [0.2, 0.25) is 6.17 Å². The van der Waals surface area contributed by atoms with Gasteiger partial charge in [-0.1, -0.05) is 98.1 Å². The van der Waals surface area contributed by atoms with Crippen LogP contribution in [0.4, 0.5) is 14.9 Å². The Balaban J connectivity index is 1.33. The second-order valence-corrected chi connectivity index (χ2v) is 11.4. The van der Waals surface area contributed by atoms with Gasteiger partial charge >= 0.3 is 12.0 Å². The lowest BCUT2D eigenvalue weighted by Gasteiger charge is -2.26. The second kappa shape index (κ2) is 15.1. The van der Waals surface area contributed by atoms with Crippen LogP contribution in [0.25, 0.3) is 11.1 Å². The molecule has 4 aromatic carbocycles. The summed E-state index contributed by atoms with van der Waals surface area (Å²) in [5.41, 5.74) is 6.23. The van der Waals surface area contributed by atoms with Crippen LogP contribution in [0.2, 0.25) is 0 Å². The number of urea groups is 1. The van der Waals surface area contributed by atoms with E-state index in [1.54, 1.807) is 29.2 Å². The molecule has 232 valence electrons. The molecule has 3 N–H and O–H groups in total. The number of rotatable bonds is 11. The number of amides is 3. The standard InChI is InChI=1S/C37H38FN3O4/c38-34(36(43)44)24-39-35(42)30-17-15-26(16-18-30)25-41(32-21-19-28(20-22-32)27-9-3-1-4-10-27)37(45)40-23-31-13-7-8-14-33(31)29-11-5-2-6-12-29/h2,5-8,11-22,27,34H,1,3-4,9-10,23-25H2,(H,39,42)(H,40,45)(H,43,44). The zero-order valence-electron chi connectivity index (χ0n) is 25.1. The first kappa shape index (κ1) is 31.4. The molecule has 5 rings (SSSR count). The number of carboxylic acids is 1. The van der Waals surface area contributed by atoms with Crippen LogP contribution >= 0.6 is 0 Å². The zero-order chi connectivity index (χ0) is 31.6. The van der Waals surface area contributed by atoms with E-state index >= 15 is 0 Å². The van der Waals surface area contributed by atoms with Crippen molar-refractivity contribution in [3.63, 3.8) is 0 Å². The molecule has 1 aliphatic rings. The summed E-state index contributed by atoms with van der Waals surface area (Å²) in [6, 6.07) is 32.7. The van der Waals surface area contributed by atoms with E-state index in [4.69, 9.17) is 5.11 Å². The van der Waals surface area contributed by atoms with Gasteiger partial charge in [0.05, 0.1) is 13.1 Å². The highest BCUT2D eigenvalue weighted by molar-refractivity contribution is 5.95. The lowest BCUT2D eigenvalue weighted by atomic mass is 9.84. The Hall–Kier alpha value is -4.98. The van der Waals surface area contributed by atoms with Crippen LogP contribution in [-0.2, 0) is 17.9 Å². The molecule has 3 amide bonds. The van der Waals surface area contributed by atoms with E-state index in [1.165, 1.54) is 37.7 Å². The van der Waals surface area contributed by atoms with Gasteiger partial charge in [-0.2, -0.15) is 0 Å². The maximum absolute atomic E-state index is 13.8. The molecule has 0 saturated heterocycles. The summed E-state index contributed by atoms with van der Waals surface area (Å²) in [6.07, 6.45) is 3.97. The summed E-state index contributed by atoms with van der Waals surface area (Å²) in [5, 5.41) is 14.1. The van der Waals surface area contributed by atoms with Gasteiger partial charge in [0.25, 0.3) is 5.91 Å². The molecule has 1 unspecified atom stereocenters. The van der Waals surface area contributed by atoms with Crippen molar-refractivity contribution in [3.05, 3.63) is 125 Å². The summed E-state index contributed by atoms with van der Waals surface area (Å²) < 4.78 is 13.4. The van der Waals surface area contributed by atoms with Crippen LogP contribution in [0.15, 0.2) is 103 Å². The largest absolute Gasteiger partial charge is 0.479 e. The SMILES string of the molecule is O=C(NCC(F)C(=O)O)c1ccc(CN(C(=O)NCc2ccccc2-c2ccccc2)c2ccc(C3CCCCC3)cc2)cc1. The fourth-order valence-electron chi connectivity index (χ4n) is 5.80. The number of anilines is 1. The van der Waals surface area contributed by atoms with Gasteiger partial charge in [0, 0.05) is 17.8 Å². The van der Waals surface area contributed by atoms with Gasteiger partial charge in [-0.25, -0.2) is 14.0 Å². The third-order valence-corrected chi connectivity index (χ3v) is 8.33. The van der Waals surface area contributed by atoms with Crippen LogP contribution < -0.4 is 15.5 Å². The Labute approximate surface area is 263 Å². The molecule has 0 aromatic heterocycles. The van der Waals surface area contributed by atoms with Gasteiger partial charge in [-0.15, -0.1) is 0 Å². The normalized spacial score (nSPS) is 13.9. The number of carbonyl (C=O) groups is 3. The molecule has 0 spiro atoms. The van der Waals surface area contributed by atoms with Crippen molar-refractivity contribution in [1.82, 2.24) is 10.6 Å². The highest BCUT2D eigenvalue weighted by Crippen LogP contribution is 2.33. The van der Waals surface area contributed by atoms with Gasteiger partial charge < -0.3 is 15.7 Å². The minimum Gasteiger partial charge on any atom is -0.479 e. The maximum Gasteiger partial charge on any atom is 0.340 e. The van der Waals surface area contributed by atoms with Crippen molar-refractivity contribution >= 4 is 23.6 Å². The quantitative estimate of drug-likeness (QED) is 0.165. The molecule has 1 atom stereocenters. The van der Waals surface area contributed by atoms with Gasteiger partial charge in [-0.05, 0) is 70.8 Å². The molecule has 0 heterocycles. The first-order chi connectivity index (χ1) is 21.9. The molecular weight excluding hydrogens is 569 g/mol. The minimum absolute atomic E-state index is 0.252. The van der Waals surface area contributed by atoms with Crippen LogP contribution in [-0.4, -0.2) is 35.7 Å². The molecular formula is C37H38FN3O4. The number of nitrogens with one attached hydrogen (secondary N) is 2. The monoisotopic (exact) mass is 607 g/mol. The topological polar surface area (TPSA) is 98.7 Å². The Bertz CT molecular complexity index is 1590. The van der Waals surface area contributed by atoms with Crippen molar-refractivity contribution in [3.8, 4) is 11.1 Å². The first-order valence-corrected chi connectivity index (χ1v) is 15.4. The molecule has 8 heteroatoms. The van der Waals surface area contributed by atoms with Crippen LogP contribution in [0, 0.1) is 0 Å². The van der Waals surface area contributed by atoms with E-state index in [1.807, 2.05) is 66.7 Å². The molecule has 0 bridgehead atoms. The number of nitrogens with zero attached hydrogens (tertiary/aromatic N) is 1. The number of halogens is 1. The van der Waals surface area contributed by atoms with Crippen molar-refractivity contribution < 1.29 is 23.9 Å². The van der Waals surface area contributed by atoms with E-state index in [0.29, 0.717) is 12.5 Å². The summed E-state index contributed by atoms with van der Waals surface area (Å²) in [6.45, 7) is -0.0257. The average Bonchev–Trinajstić information content (AvgIpc) is 3.09. The fourth-order valence-corrected chi connectivity index (χ4v) is 5.80. The molecule has 0 radical (unpaired) electrons. The molecule has 7 nitrogen and oxygen atoms in total. The molecule has 1 saturated carbocycles. The van der Waals surface area contributed by atoms with Crippen molar-refractivity contribution in [1.29, 1.82) is 0 Å². The van der Waals surface area contributed by atoms with E-state index in [2.05, 4.69) is 22.8 Å². The highest BCUT2D eigenvalue weighted by atomic mass is 19.1. The van der Waals surface area contributed by atoms with E-state index < -0.39 is 24.6 Å². The first-order valence-electron chi connectivity index (χ1n) is 15.4. The number of aliphatic carboxylic acids is 1. The van der Waals surface area contributed by atoms with Crippen molar-refractivity contribution in [2.45, 2.75) is 57.3 Å². The summed E-state index contributed by atoms with van der Waals surface area (Å²) in [5.74, 6) is -1.65. The van der Waals surface area contributed by atoms with E-state index in [0.717, 1.165) is 27.9 Å². The predicted octanol–water partition coefficient (Wildman–Crippen LogP) is 7.47. The van der Waals surface area contributed by atoms with Gasteiger partial charge in [-0.3, -0.25) is 9.69 Å². The number of carboxylic acid groups (broad SMARTS) is 1. The maximum atomic E-state index is 13.8. The van der Waals surface area contributed by atoms with Gasteiger partial charge in [0.1, 0.15) is 0 Å². The Kier molecular flexibility index (Phi) is 10.6. The molecule has 1 aliphatic carbocycles. The summed E-state index contributed by atoms with van der Waals surface area (Å²) in [7, 11) is 0. The number of hydrogen-bond donors (Lipinski definition) is 3. The van der Waals surface area contributed by atoms with Gasteiger partial charge in [0.15, 0.2) is 0 Å². The number of carbonyl (C=O) groups excluding carboxylic acids is 2. The Morgan fingerprint density at radius 2 is 1.47 bits per heavy atom. The average molecular weight is 608 g/mol. The van der Waals surface area contributed by atoms with Crippen LogP contribution in [0.3, 0.4) is 0 Å². The van der Waals surface area contributed by atoms with E-state index in [-0.39, 0.29) is 18.1 Å². The molecule has 45 heavy (non-hydrogen) atoms. The number of benzene rings is 4. The third kappa shape index (κ3) is 8.35. The summed E-state index contributed by atoms with van der Waals surface area (Å²) >= 11 is 0. The fraction of sp³-hybridized carbons (Fsp3) is 0.270. The van der Waals surface area contributed by atoms with E-state index in [9.17, 15) is 18.8 Å². The number of hydrogen-bond acceptors (Lipinski definition) is 3.